The molecule has 0 amide bonds. The van der Waals surface area contributed by atoms with Crippen molar-refractivity contribution in [2.75, 3.05) is 0 Å². The molecule has 0 N–H and O–H groups in total. The van der Waals surface area contributed by atoms with Gasteiger partial charge in [-0.25, -0.2) is 9.97 Å². The van der Waals surface area contributed by atoms with Crippen LogP contribution < -0.4 is 0 Å². The third-order valence-electron chi connectivity index (χ3n) is 1.81. The Hall–Kier alpha value is -1.64. The van der Waals surface area contributed by atoms with Gasteiger partial charge in [-0.3, -0.25) is 4.57 Å². The molecule has 2 aromatic rings. The van der Waals surface area contributed by atoms with Crippen LogP contribution in [0, 0.1) is 13.8 Å². The quantitative estimate of drug-likeness (QED) is 0.659. The van der Waals surface area contributed by atoms with Gasteiger partial charge in [0, 0.05) is 23.8 Å². The molecule has 0 unspecified atom stereocenters. The highest BCUT2D eigenvalue weighted by molar-refractivity contribution is 5.19. The zero-order valence-corrected chi connectivity index (χ0v) is 7.73. The van der Waals surface area contributed by atoms with Crippen LogP contribution in [-0.4, -0.2) is 14.5 Å². The molecule has 0 saturated carbocycles. The highest BCUT2D eigenvalue weighted by atomic mass is 15.1. The van der Waals surface area contributed by atoms with Crippen molar-refractivity contribution in [3.05, 3.63) is 42.0 Å². The van der Waals surface area contributed by atoms with Gasteiger partial charge in [0.15, 0.2) is 0 Å². The Morgan fingerprint density at radius 1 is 1.00 bits per heavy atom. The predicted octanol–water partition coefficient (Wildman–Crippen LogP) is 1.88. The van der Waals surface area contributed by atoms with Gasteiger partial charge in [0.1, 0.15) is 0 Å². The van der Waals surface area contributed by atoms with E-state index in [4.69, 9.17) is 0 Å². The summed E-state index contributed by atoms with van der Waals surface area (Å²) in [6, 6.07) is 5.88. The Morgan fingerprint density at radius 2 is 1.54 bits per heavy atom. The maximum Gasteiger partial charge on any atom is 0.234 e. The molecule has 13 heavy (non-hydrogen) atoms. The topological polar surface area (TPSA) is 30.7 Å². The largest absolute Gasteiger partial charge is 0.293 e. The second-order valence-corrected chi connectivity index (χ2v) is 3.04. The third kappa shape index (κ3) is 1.59. The zero-order chi connectivity index (χ0) is 9.26. The molecule has 0 radical (unpaired) electrons. The van der Waals surface area contributed by atoms with E-state index in [0.29, 0.717) is 0 Å². The number of hydrogen-bond acceptors (Lipinski definition) is 2. The minimum absolute atomic E-state index is 0.738. The average Bonchev–Trinajstić information content (AvgIpc) is 2.53. The van der Waals surface area contributed by atoms with Gasteiger partial charge in [-0.15, -0.1) is 0 Å². The standard InChI is InChI=1S/C10H11N3/c1-8-7-9(2)12-10(11-8)13-5-3-4-6-13/h3-7H,1-2H3. The van der Waals surface area contributed by atoms with Crippen molar-refractivity contribution in [2.24, 2.45) is 0 Å². The van der Waals surface area contributed by atoms with Crippen molar-refractivity contribution >= 4 is 0 Å². The SMILES string of the molecule is Cc1cc(C)nc(-n2cccc2)n1. The van der Waals surface area contributed by atoms with Gasteiger partial charge >= 0.3 is 0 Å². The molecule has 66 valence electrons. The lowest BCUT2D eigenvalue weighted by molar-refractivity contribution is 0.901. The summed E-state index contributed by atoms with van der Waals surface area (Å²) in [7, 11) is 0. The van der Waals surface area contributed by atoms with Crippen molar-refractivity contribution in [2.45, 2.75) is 13.8 Å². The normalized spacial score (nSPS) is 10.3. The molecule has 3 heteroatoms. The first-order valence-electron chi connectivity index (χ1n) is 4.21. The summed E-state index contributed by atoms with van der Waals surface area (Å²) in [4.78, 5) is 8.66. The second-order valence-electron chi connectivity index (χ2n) is 3.04. The minimum atomic E-state index is 0.738. The van der Waals surface area contributed by atoms with Gasteiger partial charge in [0.05, 0.1) is 0 Å². The van der Waals surface area contributed by atoms with E-state index >= 15 is 0 Å². The Kier molecular flexibility index (Phi) is 1.85. The Labute approximate surface area is 77.1 Å². The van der Waals surface area contributed by atoms with Crippen molar-refractivity contribution in [1.82, 2.24) is 14.5 Å². The van der Waals surface area contributed by atoms with Crippen molar-refractivity contribution < 1.29 is 0 Å². The molecule has 0 atom stereocenters. The smallest absolute Gasteiger partial charge is 0.234 e. The summed E-state index contributed by atoms with van der Waals surface area (Å²) in [5.41, 5.74) is 1.99. The van der Waals surface area contributed by atoms with Crippen LogP contribution in [0.25, 0.3) is 5.95 Å². The monoisotopic (exact) mass is 173 g/mol. The van der Waals surface area contributed by atoms with Crippen LogP contribution in [0.2, 0.25) is 0 Å². The Morgan fingerprint density at radius 3 is 2.08 bits per heavy atom. The van der Waals surface area contributed by atoms with E-state index in [9.17, 15) is 0 Å². The molecule has 0 spiro atoms. The second kappa shape index (κ2) is 3.01. The summed E-state index contributed by atoms with van der Waals surface area (Å²) in [6.45, 7) is 3.95. The Bertz CT molecular complexity index is 384. The molecule has 0 saturated heterocycles. The highest BCUT2D eigenvalue weighted by Crippen LogP contribution is 2.04. The van der Waals surface area contributed by atoms with Crippen LogP contribution in [0.15, 0.2) is 30.6 Å². The van der Waals surface area contributed by atoms with E-state index in [1.165, 1.54) is 0 Å². The lowest BCUT2D eigenvalue weighted by Crippen LogP contribution is -2.01. The van der Waals surface area contributed by atoms with E-state index in [1.807, 2.05) is 49.0 Å². The summed E-state index contributed by atoms with van der Waals surface area (Å²) in [6.07, 6.45) is 3.88. The van der Waals surface area contributed by atoms with Crippen LogP contribution in [0.3, 0.4) is 0 Å². The van der Waals surface area contributed by atoms with Crippen molar-refractivity contribution in [1.29, 1.82) is 0 Å². The first kappa shape index (κ1) is 7.98. The number of nitrogens with zero attached hydrogens (tertiary/aromatic N) is 3. The van der Waals surface area contributed by atoms with E-state index < -0.39 is 0 Å². The third-order valence-corrected chi connectivity index (χ3v) is 1.81. The first-order chi connectivity index (χ1) is 6.25. The molecule has 2 rings (SSSR count). The van der Waals surface area contributed by atoms with E-state index in [1.54, 1.807) is 0 Å². The predicted molar refractivity (Wildman–Crippen MR) is 50.8 cm³/mol. The molecule has 0 fully saturated rings. The maximum atomic E-state index is 4.33. The van der Waals surface area contributed by atoms with Gasteiger partial charge in [-0.1, -0.05) is 0 Å². The molecule has 0 aliphatic carbocycles. The average molecular weight is 173 g/mol. The molecule has 0 aliphatic heterocycles. The zero-order valence-electron chi connectivity index (χ0n) is 7.73. The van der Waals surface area contributed by atoms with Crippen LogP contribution in [-0.2, 0) is 0 Å². The van der Waals surface area contributed by atoms with Gasteiger partial charge < -0.3 is 0 Å². The molecule has 2 heterocycles. The number of aromatic nitrogens is 3. The molecule has 0 bridgehead atoms. The number of rotatable bonds is 1. The molecular formula is C10H11N3. The maximum absolute atomic E-state index is 4.33. The fourth-order valence-corrected chi connectivity index (χ4v) is 1.29. The molecular weight excluding hydrogens is 162 g/mol. The van der Waals surface area contributed by atoms with Gasteiger partial charge in [0.25, 0.3) is 0 Å². The van der Waals surface area contributed by atoms with Crippen LogP contribution in [0.5, 0.6) is 0 Å². The lowest BCUT2D eigenvalue weighted by atomic mass is 10.4. The van der Waals surface area contributed by atoms with Crippen LogP contribution in [0.4, 0.5) is 0 Å². The summed E-state index contributed by atoms with van der Waals surface area (Å²) in [5, 5.41) is 0. The van der Waals surface area contributed by atoms with Crippen molar-refractivity contribution in [3.63, 3.8) is 0 Å². The molecule has 2 aromatic heterocycles. The summed E-state index contributed by atoms with van der Waals surface area (Å²) in [5.74, 6) is 0.738. The van der Waals surface area contributed by atoms with E-state index in [2.05, 4.69) is 9.97 Å². The number of hydrogen-bond donors (Lipinski definition) is 0. The Balaban J connectivity index is 2.53. The molecule has 3 nitrogen and oxygen atoms in total. The summed E-state index contributed by atoms with van der Waals surface area (Å²) < 4.78 is 1.90. The van der Waals surface area contributed by atoms with E-state index in [-0.39, 0.29) is 0 Å². The van der Waals surface area contributed by atoms with Gasteiger partial charge in [0.2, 0.25) is 5.95 Å². The molecule has 0 aliphatic rings. The van der Waals surface area contributed by atoms with Gasteiger partial charge in [-0.05, 0) is 32.0 Å². The fraction of sp³-hybridized carbons (Fsp3) is 0.200. The fourth-order valence-electron chi connectivity index (χ4n) is 1.29. The van der Waals surface area contributed by atoms with Crippen LogP contribution >= 0.6 is 0 Å². The molecule has 0 aromatic carbocycles. The van der Waals surface area contributed by atoms with Crippen LogP contribution in [0.1, 0.15) is 11.4 Å². The van der Waals surface area contributed by atoms with E-state index in [0.717, 1.165) is 17.3 Å². The minimum Gasteiger partial charge on any atom is -0.293 e. The van der Waals surface area contributed by atoms with Gasteiger partial charge in [-0.2, -0.15) is 0 Å². The summed E-state index contributed by atoms with van der Waals surface area (Å²) >= 11 is 0. The lowest BCUT2D eigenvalue weighted by Gasteiger charge is -2.02. The highest BCUT2D eigenvalue weighted by Gasteiger charge is 1.99. The number of aryl methyl sites for hydroxylation is 2. The first-order valence-corrected chi connectivity index (χ1v) is 4.21. The van der Waals surface area contributed by atoms with Crippen molar-refractivity contribution in [3.8, 4) is 5.95 Å².